The quantitative estimate of drug-likeness (QED) is 0.766. The van der Waals surface area contributed by atoms with Gasteiger partial charge in [0.25, 0.3) is 0 Å². The number of nitrogens with one attached hydrogen (secondary N) is 1. The zero-order valence-electron chi connectivity index (χ0n) is 9.88. The van der Waals surface area contributed by atoms with Gasteiger partial charge in [0.05, 0.1) is 16.7 Å². The van der Waals surface area contributed by atoms with Crippen LogP contribution in [0.25, 0.3) is 6.08 Å². The summed E-state index contributed by atoms with van der Waals surface area (Å²) in [7, 11) is 1.70. The van der Waals surface area contributed by atoms with Gasteiger partial charge in [-0.15, -0.1) is 0 Å². The summed E-state index contributed by atoms with van der Waals surface area (Å²) in [4.78, 5) is 0. The molecule has 4 heteroatoms. The average molecular weight is 274 g/mol. The van der Waals surface area contributed by atoms with Gasteiger partial charge in [-0.25, -0.2) is 0 Å². The number of benzene rings is 1. The number of hydrogen-bond acceptors (Lipinski definition) is 2. The van der Waals surface area contributed by atoms with E-state index in [1.165, 1.54) is 0 Å². The van der Waals surface area contributed by atoms with Gasteiger partial charge in [0.15, 0.2) is 0 Å². The molecule has 0 atom stereocenters. The number of rotatable bonds is 7. The molecule has 0 aromatic heterocycles. The first-order chi connectivity index (χ1) is 8.25. The Hall–Kier alpha value is -0.540. The van der Waals surface area contributed by atoms with Gasteiger partial charge in [-0.3, -0.25) is 0 Å². The van der Waals surface area contributed by atoms with Crippen LogP contribution in [0.4, 0.5) is 0 Å². The van der Waals surface area contributed by atoms with Crippen molar-refractivity contribution in [2.45, 2.75) is 6.42 Å². The lowest BCUT2D eigenvalue weighted by atomic mass is 10.2. The highest BCUT2D eigenvalue weighted by atomic mass is 35.5. The minimum atomic E-state index is 0.590. The zero-order chi connectivity index (χ0) is 12.5. The summed E-state index contributed by atoms with van der Waals surface area (Å²) in [6.45, 7) is 2.55. The summed E-state index contributed by atoms with van der Waals surface area (Å²) in [5, 5.41) is 4.46. The maximum atomic E-state index is 6.06. The Morgan fingerprint density at radius 1 is 1.29 bits per heavy atom. The van der Waals surface area contributed by atoms with Gasteiger partial charge < -0.3 is 10.1 Å². The van der Waals surface area contributed by atoms with E-state index in [0.29, 0.717) is 10.0 Å². The monoisotopic (exact) mass is 273 g/mol. The van der Waals surface area contributed by atoms with Crippen molar-refractivity contribution in [2.24, 2.45) is 0 Å². The topological polar surface area (TPSA) is 21.3 Å². The molecule has 0 aliphatic carbocycles. The Bertz CT molecular complexity index is 366. The highest BCUT2D eigenvalue weighted by Gasteiger charge is 1.99. The minimum absolute atomic E-state index is 0.590. The molecule has 0 fully saturated rings. The molecule has 1 rings (SSSR count). The van der Waals surface area contributed by atoms with Crippen LogP contribution in [-0.4, -0.2) is 26.8 Å². The van der Waals surface area contributed by atoms with E-state index in [2.05, 4.69) is 11.4 Å². The maximum Gasteiger partial charge on any atom is 0.0664 e. The van der Waals surface area contributed by atoms with E-state index in [9.17, 15) is 0 Å². The molecular weight excluding hydrogens is 257 g/mol. The zero-order valence-corrected chi connectivity index (χ0v) is 11.4. The summed E-state index contributed by atoms with van der Waals surface area (Å²) in [5.41, 5.74) is 0.955. The molecule has 0 aliphatic rings. The molecule has 1 aromatic rings. The van der Waals surface area contributed by atoms with Gasteiger partial charge in [-0.05, 0) is 24.6 Å². The Balaban J connectivity index is 2.31. The van der Waals surface area contributed by atoms with Crippen LogP contribution >= 0.6 is 23.2 Å². The first kappa shape index (κ1) is 14.5. The Labute approximate surface area is 113 Å². The van der Waals surface area contributed by atoms with Gasteiger partial charge in [-0.1, -0.05) is 47.5 Å². The third-order valence-corrected chi connectivity index (χ3v) is 3.08. The van der Waals surface area contributed by atoms with Crippen molar-refractivity contribution in [3.63, 3.8) is 0 Å². The lowest BCUT2D eigenvalue weighted by Crippen LogP contribution is -2.19. The molecule has 0 saturated carbocycles. The number of methoxy groups -OCH3 is 1. The van der Waals surface area contributed by atoms with Crippen LogP contribution in [-0.2, 0) is 4.74 Å². The molecule has 0 spiro atoms. The third kappa shape index (κ3) is 5.55. The fourth-order valence-corrected chi connectivity index (χ4v) is 1.71. The summed E-state index contributed by atoms with van der Waals surface area (Å²) in [6.07, 6.45) is 5.02. The maximum absolute atomic E-state index is 6.06. The smallest absolute Gasteiger partial charge is 0.0664 e. The Kier molecular flexibility index (Phi) is 7.29. The summed E-state index contributed by atoms with van der Waals surface area (Å²) in [5.74, 6) is 0. The highest BCUT2D eigenvalue weighted by Crippen LogP contribution is 2.26. The van der Waals surface area contributed by atoms with E-state index < -0.39 is 0 Å². The first-order valence-corrected chi connectivity index (χ1v) is 6.31. The van der Waals surface area contributed by atoms with E-state index in [0.717, 1.165) is 31.7 Å². The van der Waals surface area contributed by atoms with Crippen LogP contribution in [0.5, 0.6) is 0 Å². The molecule has 1 N–H and O–H groups in total. The summed E-state index contributed by atoms with van der Waals surface area (Å²) < 4.78 is 4.93. The summed E-state index contributed by atoms with van der Waals surface area (Å²) in [6, 6.07) is 5.63. The third-order valence-electron chi connectivity index (χ3n) is 2.25. The van der Waals surface area contributed by atoms with E-state index in [1.807, 2.05) is 18.2 Å². The van der Waals surface area contributed by atoms with Crippen LogP contribution in [0.3, 0.4) is 0 Å². The average Bonchev–Trinajstić information content (AvgIpc) is 2.33. The standard InChI is InChI=1S/C13H17Cl2NO/c1-17-10-9-16-8-3-2-5-11-6-4-7-12(14)13(11)15/h2,4-7,16H,3,8-10H2,1H3. The van der Waals surface area contributed by atoms with Crippen molar-refractivity contribution in [1.29, 1.82) is 0 Å². The second-order valence-corrected chi connectivity index (χ2v) is 4.36. The predicted molar refractivity (Wildman–Crippen MR) is 74.9 cm³/mol. The number of hydrogen-bond donors (Lipinski definition) is 1. The van der Waals surface area contributed by atoms with Crippen LogP contribution in [0.15, 0.2) is 24.3 Å². The second-order valence-electron chi connectivity index (χ2n) is 3.58. The molecule has 94 valence electrons. The predicted octanol–water partition coefficient (Wildman–Crippen LogP) is 3.63. The van der Waals surface area contributed by atoms with Crippen molar-refractivity contribution < 1.29 is 4.74 Å². The molecule has 1 aromatic carbocycles. The van der Waals surface area contributed by atoms with E-state index in [-0.39, 0.29) is 0 Å². The molecule has 0 saturated heterocycles. The fourth-order valence-electron chi connectivity index (χ4n) is 1.34. The molecule has 0 heterocycles. The molecule has 0 aliphatic heterocycles. The molecule has 17 heavy (non-hydrogen) atoms. The second kappa shape index (κ2) is 8.54. The molecule has 2 nitrogen and oxygen atoms in total. The van der Waals surface area contributed by atoms with Crippen molar-refractivity contribution >= 4 is 29.3 Å². The SMILES string of the molecule is COCCNCCC=Cc1cccc(Cl)c1Cl. The van der Waals surface area contributed by atoms with Crippen molar-refractivity contribution in [3.05, 3.63) is 39.9 Å². The van der Waals surface area contributed by atoms with Gasteiger partial charge in [0, 0.05) is 13.7 Å². The molecule has 0 radical (unpaired) electrons. The van der Waals surface area contributed by atoms with Crippen LogP contribution in [0, 0.1) is 0 Å². The van der Waals surface area contributed by atoms with Crippen LogP contribution in [0.2, 0.25) is 10.0 Å². The number of halogens is 2. The molecule has 0 bridgehead atoms. The van der Waals surface area contributed by atoms with Crippen LogP contribution < -0.4 is 5.32 Å². The highest BCUT2D eigenvalue weighted by molar-refractivity contribution is 6.42. The van der Waals surface area contributed by atoms with Gasteiger partial charge in [0.2, 0.25) is 0 Å². The van der Waals surface area contributed by atoms with Gasteiger partial charge in [-0.2, -0.15) is 0 Å². The molecular formula is C13H17Cl2NO. The van der Waals surface area contributed by atoms with Crippen molar-refractivity contribution in [2.75, 3.05) is 26.8 Å². The normalized spacial score (nSPS) is 11.2. The summed E-state index contributed by atoms with van der Waals surface area (Å²) >= 11 is 12.0. The van der Waals surface area contributed by atoms with E-state index in [1.54, 1.807) is 13.2 Å². The Morgan fingerprint density at radius 2 is 2.12 bits per heavy atom. The fraction of sp³-hybridized carbons (Fsp3) is 0.385. The van der Waals surface area contributed by atoms with E-state index >= 15 is 0 Å². The van der Waals surface area contributed by atoms with Crippen molar-refractivity contribution in [3.8, 4) is 0 Å². The van der Waals surface area contributed by atoms with Crippen LogP contribution in [0.1, 0.15) is 12.0 Å². The minimum Gasteiger partial charge on any atom is -0.383 e. The van der Waals surface area contributed by atoms with Gasteiger partial charge in [0.1, 0.15) is 0 Å². The van der Waals surface area contributed by atoms with Crippen molar-refractivity contribution in [1.82, 2.24) is 5.32 Å². The number of ether oxygens (including phenoxy) is 1. The van der Waals surface area contributed by atoms with Gasteiger partial charge >= 0.3 is 0 Å². The largest absolute Gasteiger partial charge is 0.383 e. The lowest BCUT2D eigenvalue weighted by molar-refractivity contribution is 0.199. The molecule has 0 amide bonds. The van der Waals surface area contributed by atoms with E-state index in [4.69, 9.17) is 27.9 Å². The molecule has 0 unspecified atom stereocenters. The Morgan fingerprint density at radius 3 is 2.88 bits per heavy atom. The first-order valence-electron chi connectivity index (χ1n) is 5.56. The lowest BCUT2D eigenvalue weighted by Gasteiger charge is -2.02.